The van der Waals surface area contributed by atoms with E-state index >= 15 is 0 Å². The Bertz CT molecular complexity index is 1050. The molecule has 4 rings (SSSR count). The summed E-state index contributed by atoms with van der Waals surface area (Å²) in [6, 6.07) is 16.0. The smallest absolute Gasteiger partial charge is 0.350 e. The molecule has 0 radical (unpaired) electrons. The Hall–Kier alpha value is -3.26. The van der Waals surface area contributed by atoms with Gasteiger partial charge in [0, 0.05) is 43.6 Å². The van der Waals surface area contributed by atoms with Gasteiger partial charge >= 0.3 is 5.69 Å². The van der Waals surface area contributed by atoms with Gasteiger partial charge in [0.15, 0.2) is 0 Å². The average molecular weight is 423 g/mol. The van der Waals surface area contributed by atoms with Gasteiger partial charge in [-0.1, -0.05) is 0 Å². The highest BCUT2D eigenvalue weighted by Gasteiger charge is 2.19. The fraction of sp³-hybridized carbons (Fsp3) is 0.391. The number of anilines is 2. The minimum absolute atomic E-state index is 0.153. The Morgan fingerprint density at radius 3 is 1.84 bits per heavy atom. The van der Waals surface area contributed by atoms with Crippen molar-refractivity contribution in [3.63, 3.8) is 0 Å². The largest absolute Gasteiger partial charge is 0.497 e. The molecule has 31 heavy (non-hydrogen) atoms. The van der Waals surface area contributed by atoms with Crippen LogP contribution in [0.4, 0.5) is 11.4 Å². The second kappa shape index (κ2) is 8.85. The van der Waals surface area contributed by atoms with Crippen LogP contribution in [0.15, 0.2) is 59.7 Å². The summed E-state index contributed by atoms with van der Waals surface area (Å²) in [5.74, 6) is 0.874. The molecule has 0 amide bonds. The van der Waals surface area contributed by atoms with E-state index in [1.807, 2.05) is 38.1 Å². The molecule has 0 aliphatic carbocycles. The number of piperazine rings is 1. The minimum Gasteiger partial charge on any atom is -0.497 e. The molecule has 0 saturated carbocycles. The van der Waals surface area contributed by atoms with Crippen molar-refractivity contribution in [2.24, 2.45) is 5.73 Å². The van der Waals surface area contributed by atoms with E-state index in [0.717, 1.165) is 43.3 Å². The van der Waals surface area contributed by atoms with Crippen molar-refractivity contribution in [2.75, 3.05) is 43.1 Å². The zero-order valence-corrected chi connectivity index (χ0v) is 18.3. The lowest BCUT2D eigenvalue weighted by Gasteiger charge is -2.37. The molecule has 2 heterocycles. The first-order valence-electron chi connectivity index (χ1n) is 10.6. The van der Waals surface area contributed by atoms with Crippen molar-refractivity contribution >= 4 is 11.4 Å². The van der Waals surface area contributed by atoms with Crippen molar-refractivity contribution in [1.82, 2.24) is 14.3 Å². The van der Waals surface area contributed by atoms with Gasteiger partial charge in [0.25, 0.3) is 0 Å². The number of rotatable bonds is 6. The zero-order valence-electron chi connectivity index (χ0n) is 18.3. The second-order valence-electron chi connectivity index (χ2n) is 8.02. The van der Waals surface area contributed by atoms with Crippen LogP contribution in [-0.4, -0.2) is 53.7 Å². The van der Waals surface area contributed by atoms with E-state index in [4.69, 9.17) is 10.5 Å². The molecule has 3 aromatic rings. The third-order valence-corrected chi connectivity index (χ3v) is 6.05. The van der Waals surface area contributed by atoms with Crippen LogP contribution in [0.1, 0.15) is 19.9 Å². The normalized spacial score (nSPS) is 16.3. The van der Waals surface area contributed by atoms with Crippen LogP contribution in [0.3, 0.4) is 0 Å². The quantitative estimate of drug-likeness (QED) is 0.656. The molecule has 1 fully saturated rings. The van der Waals surface area contributed by atoms with E-state index in [1.165, 1.54) is 10.4 Å². The van der Waals surface area contributed by atoms with Crippen molar-refractivity contribution < 1.29 is 4.74 Å². The molecule has 2 unspecified atom stereocenters. The minimum atomic E-state index is -0.175. The maximum Gasteiger partial charge on any atom is 0.350 e. The molecule has 1 aliphatic heterocycles. The fourth-order valence-electron chi connectivity index (χ4n) is 3.84. The summed E-state index contributed by atoms with van der Waals surface area (Å²) in [5.41, 5.74) is 8.92. The van der Waals surface area contributed by atoms with Crippen LogP contribution < -0.4 is 26.0 Å². The molecule has 8 nitrogen and oxygen atoms in total. The number of nitrogens with two attached hydrogens (primary N) is 1. The van der Waals surface area contributed by atoms with E-state index in [9.17, 15) is 4.79 Å². The van der Waals surface area contributed by atoms with Gasteiger partial charge in [0.05, 0.1) is 18.8 Å². The van der Waals surface area contributed by atoms with E-state index in [0.29, 0.717) is 0 Å². The SMILES string of the molecule is COc1ccc(N2CCN(c3ccc(-n4cnn(C(C)C(C)N)c4=O)cc3)CC2)cc1. The maximum absolute atomic E-state index is 12.7. The van der Waals surface area contributed by atoms with Crippen LogP contribution in [-0.2, 0) is 0 Å². The lowest BCUT2D eigenvalue weighted by Crippen LogP contribution is -2.46. The van der Waals surface area contributed by atoms with Gasteiger partial charge in [-0.05, 0) is 62.4 Å². The number of hydrogen-bond acceptors (Lipinski definition) is 6. The molecule has 1 aliphatic rings. The molecule has 1 saturated heterocycles. The number of ether oxygens (including phenoxy) is 1. The third-order valence-electron chi connectivity index (χ3n) is 6.05. The van der Waals surface area contributed by atoms with Crippen LogP contribution in [0.25, 0.3) is 5.69 Å². The van der Waals surface area contributed by atoms with Gasteiger partial charge in [0.1, 0.15) is 12.1 Å². The summed E-state index contributed by atoms with van der Waals surface area (Å²) >= 11 is 0. The van der Waals surface area contributed by atoms with Gasteiger partial charge in [-0.25, -0.2) is 14.0 Å². The van der Waals surface area contributed by atoms with Crippen molar-refractivity contribution in [2.45, 2.75) is 25.9 Å². The van der Waals surface area contributed by atoms with Gasteiger partial charge in [-0.2, -0.15) is 5.10 Å². The Morgan fingerprint density at radius 1 is 0.871 bits per heavy atom. The first-order valence-corrected chi connectivity index (χ1v) is 10.6. The van der Waals surface area contributed by atoms with Crippen molar-refractivity contribution in [3.8, 4) is 11.4 Å². The highest BCUT2D eigenvalue weighted by Crippen LogP contribution is 2.23. The topological polar surface area (TPSA) is 81.6 Å². The Balaban J connectivity index is 1.42. The molecule has 8 heteroatoms. The Morgan fingerprint density at radius 2 is 1.35 bits per heavy atom. The first-order chi connectivity index (χ1) is 15.0. The van der Waals surface area contributed by atoms with E-state index < -0.39 is 0 Å². The molecule has 0 bridgehead atoms. The molecule has 164 valence electrons. The summed E-state index contributed by atoms with van der Waals surface area (Å²) in [6.45, 7) is 7.56. The fourth-order valence-corrected chi connectivity index (χ4v) is 3.84. The molecule has 2 N–H and O–H groups in total. The average Bonchev–Trinajstić information content (AvgIpc) is 3.20. The number of benzene rings is 2. The summed E-state index contributed by atoms with van der Waals surface area (Å²) in [4.78, 5) is 17.5. The number of aromatic nitrogens is 3. The molecular weight excluding hydrogens is 392 g/mol. The van der Waals surface area contributed by atoms with Crippen molar-refractivity contribution in [3.05, 3.63) is 65.3 Å². The number of methoxy groups -OCH3 is 1. The third kappa shape index (κ3) is 4.29. The van der Waals surface area contributed by atoms with Crippen LogP contribution >= 0.6 is 0 Å². The lowest BCUT2D eigenvalue weighted by atomic mass is 10.2. The highest BCUT2D eigenvalue weighted by atomic mass is 16.5. The Labute approximate surface area is 182 Å². The summed E-state index contributed by atoms with van der Waals surface area (Å²) in [7, 11) is 1.68. The highest BCUT2D eigenvalue weighted by molar-refractivity contribution is 5.54. The van der Waals surface area contributed by atoms with Gasteiger partial charge in [-0.3, -0.25) is 0 Å². The summed E-state index contributed by atoms with van der Waals surface area (Å²) in [6.07, 6.45) is 1.56. The predicted octanol–water partition coefficient (Wildman–Crippen LogP) is 2.28. The van der Waals surface area contributed by atoms with Gasteiger partial charge < -0.3 is 20.3 Å². The van der Waals surface area contributed by atoms with E-state index in [-0.39, 0.29) is 17.8 Å². The maximum atomic E-state index is 12.7. The predicted molar refractivity (Wildman–Crippen MR) is 124 cm³/mol. The lowest BCUT2D eigenvalue weighted by molar-refractivity contribution is 0.412. The van der Waals surface area contributed by atoms with Crippen molar-refractivity contribution in [1.29, 1.82) is 0 Å². The van der Waals surface area contributed by atoms with E-state index in [1.54, 1.807) is 18.0 Å². The van der Waals surface area contributed by atoms with Gasteiger partial charge in [-0.15, -0.1) is 0 Å². The second-order valence-corrected chi connectivity index (χ2v) is 8.02. The summed E-state index contributed by atoms with van der Waals surface area (Å²) in [5, 5.41) is 4.24. The zero-order chi connectivity index (χ0) is 22.0. The number of nitrogens with zero attached hydrogens (tertiary/aromatic N) is 5. The molecule has 2 aromatic carbocycles. The Kier molecular flexibility index (Phi) is 5.99. The molecular formula is C23H30N6O2. The van der Waals surface area contributed by atoms with E-state index in [2.05, 4.69) is 39.2 Å². The van der Waals surface area contributed by atoms with Crippen LogP contribution in [0.2, 0.25) is 0 Å². The summed E-state index contributed by atoms with van der Waals surface area (Å²) < 4.78 is 8.25. The molecule has 1 aromatic heterocycles. The molecule has 2 atom stereocenters. The first kappa shape index (κ1) is 21.0. The van der Waals surface area contributed by atoms with Gasteiger partial charge in [0.2, 0.25) is 0 Å². The van der Waals surface area contributed by atoms with Crippen LogP contribution in [0, 0.1) is 0 Å². The van der Waals surface area contributed by atoms with Crippen LogP contribution in [0.5, 0.6) is 5.75 Å². The standard InChI is InChI=1S/C23H30N6O2/c1-17(24)18(2)29-23(30)28(16-25-29)21-6-4-19(5-7-21)26-12-14-27(15-13-26)20-8-10-22(31-3)11-9-20/h4-11,16-18H,12-15,24H2,1-3H3. The monoisotopic (exact) mass is 422 g/mol. The number of hydrogen-bond donors (Lipinski definition) is 1. The molecule has 0 spiro atoms.